The molecule has 0 saturated heterocycles. The SMILES string of the molecule is CCCCC(CC)C(O)c1cc(O)ccc1C(=O)O. The third-order valence-corrected chi connectivity index (χ3v) is 3.48. The molecule has 0 aliphatic heterocycles. The summed E-state index contributed by atoms with van der Waals surface area (Å²) in [6.45, 7) is 4.06. The summed E-state index contributed by atoms with van der Waals surface area (Å²) >= 11 is 0. The zero-order valence-corrected chi connectivity index (χ0v) is 11.5. The number of carbonyl (C=O) groups is 1. The normalized spacial score (nSPS) is 14.1. The molecule has 0 amide bonds. The Hall–Kier alpha value is -1.55. The maximum atomic E-state index is 11.2. The molecule has 0 saturated carbocycles. The van der Waals surface area contributed by atoms with E-state index in [1.54, 1.807) is 0 Å². The maximum absolute atomic E-state index is 11.2. The van der Waals surface area contributed by atoms with E-state index in [1.807, 2.05) is 6.92 Å². The number of unbranched alkanes of at least 4 members (excludes halogenated alkanes) is 1. The quantitative estimate of drug-likeness (QED) is 0.707. The number of phenolic OH excluding ortho intramolecular Hbond substituents is 1. The van der Waals surface area contributed by atoms with Gasteiger partial charge in [0.25, 0.3) is 0 Å². The number of rotatable bonds is 7. The average molecular weight is 266 g/mol. The molecule has 1 rings (SSSR count). The molecule has 2 atom stereocenters. The number of aliphatic hydroxyl groups is 1. The van der Waals surface area contributed by atoms with Gasteiger partial charge in [-0.15, -0.1) is 0 Å². The number of benzene rings is 1. The Balaban J connectivity index is 3.05. The highest BCUT2D eigenvalue weighted by molar-refractivity contribution is 5.89. The van der Waals surface area contributed by atoms with Gasteiger partial charge in [-0.25, -0.2) is 4.79 Å². The number of aliphatic hydroxyl groups excluding tert-OH is 1. The third-order valence-electron chi connectivity index (χ3n) is 3.48. The first-order valence-corrected chi connectivity index (χ1v) is 6.75. The van der Waals surface area contributed by atoms with Gasteiger partial charge < -0.3 is 15.3 Å². The fourth-order valence-corrected chi connectivity index (χ4v) is 2.30. The van der Waals surface area contributed by atoms with E-state index in [0.717, 1.165) is 25.7 Å². The molecular weight excluding hydrogens is 244 g/mol. The number of carboxylic acid groups (broad SMARTS) is 1. The maximum Gasteiger partial charge on any atom is 0.336 e. The van der Waals surface area contributed by atoms with Crippen LogP contribution in [0.2, 0.25) is 0 Å². The highest BCUT2D eigenvalue weighted by Gasteiger charge is 2.24. The molecule has 0 bridgehead atoms. The van der Waals surface area contributed by atoms with Crippen LogP contribution >= 0.6 is 0 Å². The Labute approximate surface area is 113 Å². The fourth-order valence-electron chi connectivity index (χ4n) is 2.30. The summed E-state index contributed by atoms with van der Waals surface area (Å²) < 4.78 is 0. The third kappa shape index (κ3) is 3.96. The number of phenols is 1. The number of aromatic carboxylic acids is 1. The van der Waals surface area contributed by atoms with Crippen LogP contribution in [0.3, 0.4) is 0 Å². The second-order valence-electron chi connectivity index (χ2n) is 4.83. The molecule has 0 aliphatic carbocycles. The van der Waals surface area contributed by atoms with E-state index in [2.05, 4.69) is 6.92 Å². The molecule has 4 nitrogen and oxygen atoms in total. The summed E-state index contributed by atoms with van der Waals surface area (Å²) in [5.41, 5.74) is 0.357. The fraction of sp³-hybridized carbons (Fsp3) is 0.533. The monoisotopic (exact) mass is 266 g/mol. The van der Waals surface area contributed by atoms with E-state index < -0.39 is 12.1 Å². The van der Waals surface area contributed by atoms with Crippen LogP contribution in [0, 0.1) is 5.92 Å². The minimum atomic E-state index is -1.08. The summed E-state index contributed by atoms with van der Waals surface area (Å²) in [5, 5.41) is 29.0. The topological polar surface area (TPSA) is 77.8 Å². The highest BCUT2D eigenvalue weighted by atomic mass is 16.4. The lowest BCUT2D eigenvalue weighted by molar-refractivity contribution is 0.0671. The van der Waals surface area contributed by atoms with Crippen molar-refractivity contribution in [2.75, 3.05) is 0 Å². The van der Waals surface area contributed by atoms with Crippen LogP contribution in [0.4, 0.5) is 0 Å². The summed E-state index contributed by atoms with van der Waals surface area (Å²) in [5.74, 6) is -1.09. The Morgan fingerprint density at radius 1 is 1.32 bits per heavy atom. The van der Waals surface area contributed by atoms with Crippen molar-refractivity contribution >= 4 is 5.97 Å². The van der Waals surface area contributed by atoms with Crippen LogP contribution in [-0.4, -0.2) is 21.3 Å². The molecule has 0 fully saturated rings. The Kier molecular flexibility index (Phi) is 5.83. The number of hydrogen-bond acceptors (Lipinski definition) is 3. The average Bonchev–Trinajstić information content (AvgIpc) is 2.38. The lowest BCUT2D eigenvalue weighted by atomic mass is 9.87. The van der Waals surface area contributed by atoms with Gasteiger partial charge in [-0.3, -0.25) is 0 Å². The van der Waals surface area contributed by atoms with Crippen molar-refractivity contribution in [1.29, 1.82) is 0 Å². The number of aromatic hydroxyl groups is 1. The number of carboxylic acids is 1. The van der Waals surface area contributed by atoms with E-state index in [9.17, 15) is 15.0 Å². The number of hydrogen-bond donors (Lipinski definition) is 3. The highest BCUT2D eigenvalue weighted by Crippen LogP contribution is 2.32. The predicted molar refractivity (Wildman–Crippen MR) is 73.3 cm³/mol. The van der Waals surface area contributed by atoms with Crippen LogP contribution in [0.5, 0.6) is 5.75 Å². The second kappa shape index (κ2) is 7.14. The van der Waals surface area contributed by atoms with Gasteiger partial charge in [0.15, 0.2) is 0 Å². The van der Waals surface area contributed by atoms with Gasteiger partial charge in [0.2, 0.25) is 0 Å². The van der Waals surface area contributed by atoms with Gasteiger partial charge in [0, 0.05) is 0 Å². The van der Waals surface area contributed by atoms with Crippen LogP contribution < -0.4 is 0 Å². The van der Waals surface area contributed by atoms with Gasteiger partial charge in [0.1, 0.15) is 5.75 Å². The molecule has 4 heteroatoms. The Bertz CT molecular complexity index is 428. The molecule has 1 aromatic carbocycles. The minimum Gasteiger partial charge on any atom is -0.508 e. The molecular formula is C15H22O4. The van der Waals surface area contributed by atoms with Gasteiger partial charge in [0.05, 0.1) is 11.7 Å². The molecule has 1 aromatic rings. The van der Waals surface area contributed by atoms with Crippen LogP contribution in [0.25, 0.3) is 0 Å². The molecule has 0 heterocycles. The summed E-state index contributed by atoms with van der Waals surface area (Å²) in [7, 11) is 0. The lowest BCUT2D eigenvalue weighted by Gasteiger charge is -2.23. The van der Waals surface area contributed by atoms with Crippen LogP contribution in [0.1, 0.15) is 61.6 Å². The van der Waals surface area contributed by atoms with E-state index in [1.165, 1.54) is 18.2 Å². The van der Waals surface area contributed by atoms with E-state index in [4.69, 9.17) is 5.11 Å². The van der Waals surface area contributed by atoms with Crippen LogP contribution in [0.15, 0.2) is 18.2 Å². The Morgan fingerprint density at radius 3 is 2.53 bits per heavy atom. The predicted octanol–water partition coefficient (Wildman–Crippen LogP) is 3.34. The summed E-state index contributed by atoms with van der Waals surface area (Å²) in [6.07, 6.45) is 2.81. The zero-order valence-electron chi connectivity index (χ0n) is 11.5. The molecule has 0 aromatic heterocycles. The van der Waals surface area contributed by atoms with Crippen molar-refractivity contribution < 1.29 is 20.1 Å². The first-order valence-electron chi connectivity index (χ1n) is 6.75. The van der Waals surface area contributed by atoms with E-state index in [-0.39, 0.29) is 17.2 Å². The molecule has 0 aliphatic rings. The van der Waals surface area contributed by atoms with Gasteiger partial charge in [-0.2, -0.15) is 0 Å². The van der Waals surface area contributed by atoms with Crippen molar-refractivity contribution in [2.24, 2.45) is 5.92 Å². The standard InChI is InChI=1S/C15H22O4/c1-3-5-6-10(4-2)14(17)13-9-11(16)7-8-12(13)15(18)19/h7-10,14,16-17H,3-6H2,1-2H3,(H,18,19). The van der Waals surface area contributed by atoms with Gasteiger partial charge in [-0.1, -0.05) is 33.1 Å². The molecule has 106 valence electrons. The summed E-state index contributed by atoms with van der Waals surface area (Å²) in [4.78, 5) is 11.2. The molecule has 19 heavy (non-hydrogen) atoms. The zero-order chi connectivity index (χ0) is 14.4. The van der Waals surface area contributed by atoms with Crippen molar-refractivity contribution in [3.8, 4) is 5.75 Å². The molecule has 0 spiro atoms. The van der Waals surface area contributed by atoms with Gasteiger partial charge >= 0.3 is 5.97 Å². The van der Waals surface area contributed by atoms with E-state index >= 15 is 0 Å². The van der Waals surface area contributed by atoms with Crippen LogP contribution in [-0.2, 0) is 0 Å². The van der Waals surface area contributed by atoms with Crippen molar-refractivity contribution in [1.82, 2.24) is 0 Å². The summed E-state index contributed by atoms with van der Waals surface area (Å²) in [6, 6.07) is 4.01. The lowest BCUT2D eigenvalue weighted by Crippen LogP contribution is -2.15. The van der Waals surface area contributed by atoms with E-state index in [0.29, 0.717) is 5.56 Å². The van der Waals surface area contributed by atoms with Gasteiger partial charge in [-0.05, 0) is 36.1 Å². The molecule has 2 unspecified atom stereocenters. The first-order chi connectivity index (χ1) is 9.01. The first kappa shape index (κ1) is 15.5. The van der Waals surface area contributed by atoms with Crippen molar-refractivity contribution in [3.63, 3.8) is 0 Å². The van der Waals surface area contributed by atoms with Crippen molar-refractivity contribution in [3.05, 3.63) is 29.3 Å². The molecule has 0 radical (unpaired) electrons. The largest absolute Gasteiger partial charge is 0.508 e. The van der Waals surface area contributed by atoms with Crippen molar-refractivity contribution in [2.45, 2.75) is 45.6 Å². The Morgan fingerprint density at radius 2 is 2.00 bits per heavy atom. The molecule has 3 N–H and O–H groups in total. The minimum absolute atomic E-state index is 0.0137. The smallest absolute Gasteiger partial charge is 0.336 e. The second-order valence-corrected chi connectivity index (χ2v) is 4.83.